The van der Waals surface area contributed by atoms with E-state index in [0.29, 0.717) is 0 Å². The first-order valence-electron chi connectivity index (χ1n) is 15.1. The van der Waals surface area contributed by atoms with Crippen LogP contribution in [0.3, 0.4) is 0 Å². The second kappa shape index (κ2) is 46.0. The van der Waals surface area contributed by atoms with E-state index in [4.69, 9.17) is 0 Å². The first-order chi connectivity index (χ1) is 21.4. The minimum atomic E-state index is 0. The number of imidazole rings is 5. The van der Waals surface area contributed by atoms with Crippen molar-refractivity contribution < 1.29 is 90.1 Å². The Labute approximate surface area is 368 Å². The number of aromatic amines is 1. The van der Waals surface area contributed by atoms with Crippen LogP contribution in [0.1, 0.15) is 85.9 Å². The smallest absolute Gasteiger partial charge is 1.00 e. The molecule has 15 heteroatoms. The predicted octanol–water partition coefficient (Wildman–Crippen LogP) is -0.515. The molecule has 0 aliphatic heterocycles. The minimum absolute atomic E-state index is 0. The summed E-state index contributed by atoms with van der Waals surface area (Å²) in [5.41, 5.74) is 0. The van der Waals surface area contributed by atoms with Crippen molar-refractivity contribution in [2.75, 3.05) is 10.7 Å². The maximum atomic E-state index is 4.04. The van der Waals surface area contributed by atoms with Crippen LogP contribution in [-0.2, 0) is 13.1 Å². The molecular weight excluding hydrogens is 753 g/mol. The average molecular weight is 807 g/mol. The maximum Gasteiger partial charge on any atom is 1.00 e. The van der Waals surface area contributed by atoms with E-state index in [9.17, 15) is 0 Å². The number of alkyl halides is 2. The molecule has 0 atom stereocenters. The number of halogens is 2. The molecule has 0 saturated carbocycles. The summed E-state index contributed by atoms with van der Waals surface area (Å²) in [7, 11) is 0. The van der Waals surface area contributed by atoms with Crippen molar-refractivity contribution in [1.29, 1.82) is 0 Å². The molecule has 10 nitrogen and oxygen atoms in total. The second-order valence-electron chi connectivity index (χ2n) is 9.41. The Morgan fingerprint density at radius 1 is 0.532 bits per heavy atom. The summed E-state index contributed by atoms with van der Waals surface area (Å²) in [6.07, 6.45) is 42.3. The van der Waals surface area contributed by atoms with Crippen LogP contribution >= 0.6 is 31.9 Å². The third-order valence-electron chi connectivity index (χ3n) is 5.87. The van der Waals surface area contributed by atoms with Crippen LogP contribution in [0.4, 0.5) is 0 Å². The molecule has 47 heavy (non-hydrogen) atoms. The third-order valence-corrected chi connectivity index (χ3v) is 6.99. The zero-order chi connectivity index (χ0) is 30.7. The third kappa shape index (κ3) is 40.3. The summed E-state index contributed by atoms with van der Waals surface area (Å²) in [4.78, 5) is 28.9. The van der Waals surface area contributed by atoms with Crippen molar-refractivity contribution in [3.63, 3.8) is 0 Å². The number of aryl methyl sites for hydroxylation is 2. The molecule has 5 aromatic rings. The Kier molecular flexibility index (Phi) is 52.7. The van der Waals surface area contributed by atoms with Crippen LogP contribution in [0, 0.1) is 0 Å². The van der Waals surface area contributed by atoms with Gasteiger partial charge in [0.25, 0.3) is 0 Å². The van der Waals surface area contributed by atoms with Crippen molar-refractivity contribution in [3.05, 3.63) is 93.6 Å². The van der Waals surface area contributed by atoms with Crippen molar-refractivity contribution in [2.45, 2.75) is 97.6 Å². The molecule has 0 unspecified atom stereocenters. The molecule has 0 aliphatic carbocycles. The molecule has 0 radical (unpaired) electrons. The van der Waals surface area contributed by atoms with Crippen molar-refractivity contribution >= 4 is 31.9 Å². The zero-order valence-corrected chi connectivity index (χ0v) is 37.4. The molecule has 5 heterocycles. The Bertz CT molecular complexity index is 914. The van der Waals surface area contributed by atoms with Gasteiger partial charge in [0.2, 0.25) is 0 Å². The number of hydrogen-bond donors (Lipinski definition) is 1. The number of unbranched alkanes of at least 4 members (excludes halogenated alkanes) is 10. The van der Waals surface area contributed by atoms with Crippen molar-refractivity contribution in [1.82, 2.24) is 49.0 Å². The summed E-state index contributed by atoms with van der Waals surface area (Å²) < 4.78 is 4.30. The Morgan fingerprint density at radius 3 is 1.19 bits per heavy atom. The fourth-order valence-corrected chi connectivity index (χ4v) is 4.42. The van der Waals surface area contributed by atoms with E-state index < -0.39 is 0 Å². The quantitative estimate of drug-likeness (QED) is 0.0812. The molecule has 1 N–H and O–H groups in total. The SMILES string of the molecule is BrCCCCCCCCBr.C.[H-].[Na+].[Na+].[Na+].c1c[n-]cn1.c1c[n-]cn1.c1c[nH]cn1.c1cn(CCCCCCCCn2ccnc2)cn1. The van der Waals surface area contributed by atoms with Gasteiger partial charge in [-0.3, -0.25) is 0 Å². The second-order valence-corrected chi connectivity index (χ2v) is 11.0. The molecule has 5 aromatic heterocycles. The van der Waals surface area contributed by atoms with Crippen LogP contribution < -0.4 is 98.6 Å². The van der Waals surface area contributed by atoms with Crippen LogP contribution in [0.5, 0.6) is 0 Å². The number of H-pyrrole nitrogens is 1. The summed E-state index contributed by atoms with van der Waals surface area (Å²) in [6.45, 7) is 2.21. The van der Waals surface area contributed by atoms with Gasteiger partial charge in [-0.25, -0.2) is 15.0 Å². The van der Waals surface area contributed by atoms with Crippen molar-refractivity contribution in [2.24, 2.45) is 0 Å². The first kappa shape index (κ1) is 53.8. The van der Waals surface area contributed by atoms with E-state index in [2.05, 4.69) is 80.9 Å². The van der Waals surface area contributed by atoms with Crippen LogP contribution in [0.25, 0.3) is 0 Å². The molecule has 0 bridgehead atoms. The van der Waals surface area contributed by atoms with Gasteiger partial charge in [-0.1, -0.05) is 128 Å². The molecule has 0 aromatic carbocycles. The molecule has 0 saturated heterocycles. The molecule has 0 fully saturated rings. The Morgan fingerprint density at radius 2 is 0.957 bits per heavy atom. The van der Waals surface area contributed by atoms with E-state index in [-0.39, 0.29) is 97.5 Å². The first-order valence-corrected chi connectivity index (χ1v) is 17.3. The van der Waals surface area contributed by atoms with Gasteiger partial charge < -0.3 is 35.5 Å². The van der Waals surface area contributed by atoms with Crippen molar-refractivity contribution in [3.8, 4) is 0 Å². The zero-order valence-electron chi connectivity index (χ0n) is 29.3. The largest absolute Gasteiger partial charge is 1.00 e. The number of aromatic nitrogens is 10. The Hall–Kier alpha value is 0.0100. The minimum Gasteiger partial charge on any atom is -1.00 e. The van der Waals surface area contributed by atoms with E-state index in [1.54, 1.807) is 43.5 Å². The van der Waals surface area contributed by atoms with Gasteiger partial charge in [0.1, 0.15) is 0 Å². The van der Waals surface area contributed by atoms with E-state index in [1.807, 2.05) is 37.4 Å². The van der Waals surface area contributed by atoms with Gasteiger partial charge in [-0.2, -0.15) is 0 Å². The number of hydrogen-bond acceptors (Lipinski definition) is 5. The van der Waals surface area contributed by atoms with Gasteiger partial charge in [-0.05, 0) is 25.7 Å². The average Bonchev–Trinajstić information content (AvgIpc) is 3.89. The summed E-state index contributed by atoms with van der Waals surface area (Å²) >= 11 is 6.85. The molecule has 5 rings (SSSR count). The maximum absolute atomic E-state index is 4.04. The van der Waals surface area contributed by atoms with Crippen LogP contribution in [0.2, 0.25) is 0 Å². The number of nitrogens with zero attached hydrogens (tertiary/aromatic N) is 9. The van der Waals surface area contributed by atoms with Gasteiger partial charge in [0.05, 0.1) is 19.0 Å². The Balaban J connectivity index is -0.000000175. The monoisotopic (exact) mass is 804 g/mol. The molecule has 0 amide bonds. The standard InChI is InChI=1S/C14H22N4.C8H16Br2.C3H4N2.2C3H3N2.CH4.3Na.H/c1(3-5-9-17-11-7-15-13-17)2-4-6-10-18-12-8-16-14-18;9-7-5-3-1-2-4-6-8-10;3*1-2-5-3-4-1;;;;;/h7-8,11-14H,1-6,9-10H2;1-8H2;1-3H,(H,4,5);2*1-3H;1H4;;;;/q;;;2*-1;;3*+1;-1. The molecule has 0 spiro atoms. The summed E-state index contributed by atoms with van der Waals surface area (Å²) in [6, 6.07) is 0. The number of rotatable bonds is 16. The number of nitrogens with one attached hydrogen (secondary N) is 1. The molecular formula is C32H53Br2N10Na3. The molecule has 248 valence electrons. The predicted molar refractivity (Wildman–Crippen MR) is 189 cm³/mol. The molecule has 0 aliphatic rings. The van der Waals surface area contributed by atoms with Gasteiger partial charge in [0.15, 0.2) is 0 Å². The van der Waals surface area contributed by atoms with E-state index in [1.165, 1.54) is 100 Å². The normalized spacial score (nSPS) is 8.89. The fourth-order valence-electron chi connectivity index (χ4n) is 3.63. The fraction of sp³-hybridized carbons (Fsp3) is 0.531. The van der Waals surface area contributed by atoms with Gasteiger partial charge in [-0.15, -0.1) is 0 Å². The van der Waals surface area contributed by atoms with Crippen LogP contribution in [0.15, 0.2) is 93.6 Å². The summed E-state index contributed by atoms with van der Waals surface area (Å²) in [5.74, 6) is 0. The van der Waals surface area contributed by atoms with E-state index >= 15 is 0 Å². The van der Waals surface area contributed by atoms with Crippen LogP contribution in [-0.4, -0.2) is 49.7 Å². The van der Waals surface area contributed by atoms with Gasteiger partial charge in [0, 0.05) is 60.9 Å². The summed E-state index contributed by atoms with van der Waals surface area (Å²) in [5, 5.41) is 2.34. The van der Waals surface area contributed by atoms with E-state index in [0.717, 1.165) is 13.1 Å². The van der Waals surface area contributed by atoms with Gasteiger partial charge >= 0.3 is 88.7 Å². The topological polar surface area (TPSA) is 118 Å².